The number of hydrogen-bond acceptors (Lipinski definition) is 6. The number of benzene rings is 2. The summed E-state index contributed by atoms with van der Waals surface area (Å²) in [6, 6.07) is 14.7. The largest absolute Gasteiger partial charge is 0.484 e. The number of ether oxygens (including phenoxy) is 1. The van der Waals surface area contributed by atoms with Gasteiger partial charge in [0.15, 0.2) is 6.61 Å². The van der Waals surface area contributed by atoms with E-state index in [1.54, 1.807) is 29.2 Å². The molecule has 3 aromatic rings. The first kappa shape index (κ1) is 21.5. The molecular formula is C23H26N6O3. The van der Waals surface area contributed by atoms with E-state index in [4.69, 9.17) is 4.74 Å². The molecule has 0 bridgehead atoms. The number of nitrogens with zero attached hydrogens (tertiary/aromatic N) is 5. The van der Waals surface area contributed by atoms with Crippen molar-refractivity contribution in [1.29, 1.82) is 0 Å². The predicted molar refractivity (Wildman–Crippen MR) is 119 cm³/mol. The minimum absolute atomic E-state index is 0.0860. The fourth-order valence-corrected chi connectivity index (χ4v) is 3.44. The lowest BCUT2D eigenvalue weighted by Crippen LogP contribution is -2.28. The molecule has 0 unspecified atom stereocenters. The van der Waals surface area contributed by atoms with Crippen molar-refractivity contribution in [3.63, 3.8) is 0 Å². The van der Waals surface area contributed by atoms with Gasteiger partial charge in [0.25, 0.3) is 17.6 Å². The zero-order valence-electron chi connectivity index (χ0n) is 18.2. The average molecular weight is 435 g/mol. The second-order valence-corrected chi connectivity index (χ2v) is 8.01. The summed E-state index contributed by atoms with van der Waals surface area (Å²) in [4.78, 5) is 27.6. The van der Waals surface area contributed by atoms with Crippen LogP contribution in [0.15, 0.2) is 48.5 Å². The molecule has 1 saturated heterocycles. The Morgan fingerprint density at radius 3 is 2.38 bits per heavy atom. The van der Waals surface area contributed by atoms with E-state index in [2.05, 4.69) is 34.6 Å². The van der Waals surface area contributed by atoms with Crippen molar-refractivity contribution in [2.75, 3.05) is 25.0 Å². The summed E-state index contributed by atoms with van der Waals surface area (Å²) in [5.41, 5.74) is 2.47. The van der Waals surface area contributed by atoms with Gasteiger partial charge in [-0.3, -0.25) is 9.59 Å². The van der Waals surface area contributed by atoms with Crippen LogP contribution in [0.3, 0.4) is 0 Å². The van der Waals surface area contributed by atoms with Gasteiger partial charge in [0.1, 0.15) is 5.75 Å². The summed E-state index contributed by atoms with van der Waals surface area (Å²) < 4.78 is 5.55. The molecule has 0 spiro atoms. The number of tetrazole rings is 1. The first-order valence-electron chi connectivity index (χ1n) is 10.7. The Labute approximate surface area is 186 Å². The monoisotopic (exact) mass is 434 g/mol. The Kier molecular flexibility index (Phi) is 6.44. The molecule has 2 aromatic carbocycles. The number of carbonyl (C=O) groups excluding carboxylic acids is 2. The third-order valence-electron chi connectivity index (χ3n) is 5.30. The van der Waals surface area contributed by atoms with Crippen LogP contribution in [0.1, 0.15) is 48.8 Å². The van der Waals surface area contributed by atoms with Crippen LogP contribution in [0, 0.1) is 0 Å². The van der Waals surface area contributed by atoms with Crippen molar-refractivity contribution >= 4 is 17.5 Å². The number of nitrogens with one attached hydrogen (secondary N) is 1. The van der Waals surface area contributed by atoms with Gasteiger partial charge in [-0.2, -0.15) is 0 Å². The Hall–Kier alpha value is -3.75. The maximum Gasteiger partial charge on any atom is 0.295 e. The summed E-state index contributed by atoms with van der Waals surface area (Å²) in [5, 5.41) is 14.8. The van der Waals surface area contributed by atoms with E-state index in [0.29, 0.717) is 23.0 Å². The highest BCUT2D eigenvalue weighted by Gasteiger charge is 2.23. The van der Waals surface area contributed by atoms with Crippen molar-refractivity contribution in [3.05, 3.63) is 59.9 Å². The molecule has 1 N–H and O–H groups in total. The molecule has 166 valence electrons. The molecule has 9 nitrogen and oxygen atoms in total. The number of hydrogen-bond donors (Lipinski definition) is 1. The second kappa shape index (κ2) is 9.59. The van der Waals surface area contributed by atoms with Gasteiger partial charge in [-0.25, -0.2) is 0 Å². The zero-order valence-corrected chi connectivity index (χ0v) is 18.2. The van der Waals surface area contributed by atoms with Crippen LogP contribution in [0.5, 0.6) is 5.75 Å². The maximum absolute atomic E-state index is 12.4. The van der Waals surface area contributed by atoms with E-state index in [9.17, 15) is 9.59 Å². The Bertz CT molecular complexity index is 1070. The van der Waals surface area contributed by atoms with E-state index in [1.807, 2.05) is 24.3 Å². The van der Waals surface area contributed by atoms with E-state index in [-0.39, 0.29) is 24.2 Å². The first-order valence-corrected chi connectivity index (χ1v) is 10.7. The number of likely N-dealkylation sites (tertiary alicyclic amines) is 1. The fraction of sp³-hybridized carbons (Fsp3) is 0.348. The molecule has 0 atom stereocenters. The minimum atomic E-state index is -0.261. The molecule has 4 rings (SSSR count). The standard InChI is InChI=1S/C23H26N6O3/c1-16(2)17-5-11-20(12-6-17)32-15-21(30)24-18-7-9-19(10-8-18)29-26-22(25-27-29)23(31)28-13-3-4-14-28/h5-12,16H,3-4,13-15H2,1-2H3,(H,24,30). The van der Waals surface area contributed by atoms with Crippen LogP contribution < -0.4 is 10.1 Å². The number of carbonyl (C=O) groups is 2. The highest BCUT2D eigenvalue weighted by atomic mass is 16.5. The van der Waals surface area contributed by atoms with Crippen LogP contribution in [0.2, 0.25) is 0 Å². The molecular weight excluding hydrogens is 408 g/mol. The molecule has 1 fully saturated rings. The molecule has 9 heteroatoms. The van der Waals surface area contributed by atoms with Gasteiger partial charge in [-0.05, 0) is 65.9 Å². The molecule has 2 heterocycles. The summed E-state index contributed by atoms with van der Waals surface area (Å²) in [7, 11) is 0. The predicted octanol–water partition coefficient (Wildman–Crippen LogP) is 3.04. The molecule has 32 heavy (non-hydrogen) atoms. The minimum Gasteiger partial charge on any atom is -0.484 e. The van der Waals surface area contributed by atoms with Crippen molar-refractivity contribution in [3.8, 4) is 11.4 Å². The summed E-state index contributed by atoms with van der Waals surface area (Å²) in [5.74, 6) is 0.721. The van der Waals surface area contributed by atoms with E-state index in [0.717, 1.165) is 25.9 Å². The summed E-state index contributed by atoms with van der Waals surface area (Å²) in [6.45, 7) is 5.62. The highest BCUT2D eigenvalue weighted by Crippen LogP contribution is 2.19. The third-order valence-corrected chi connectivity index (χ3v) is 5.30. The van der Waals surface area contributed by atoms with Crippen LogP contribution in [-0.4, -0.2) is 56.6 Å². The van der Waals surface area contributed by atoms with Gasteiger partial charge in [-0.15, -0.1) is 15.0 Å². The quantitative estimate of drug-likeness (QED) is 0.613. The summed E-state index contributed by atoms with van der Waals surface area (Å²) >= 11 is 0. The molecule has 0 radical (unpaired) electrons. The molecule has 0 saturated carbocycles. The normalized spacial score (nSPS) is 13.4. The lowest BCUT2D eigenvalue weighted by Gasteiger charge is -2.11. The van der Waals surface area contributed by atoms with Crippen molar-refractivity contribution in [2.45, 2.75) is 32.6 Å². The lowest BCUT2D eigenvalue weighted by molar-refractivity contribution is -0.118. The Morgan fingerprint density at radius 2 is 1.72 bits per heavy atom. The summed E-state index contributed by atoms with van der Waals surface area (Å²) in [6.07, 6.45) is 2.00. The third kappa shape index (κ3) is 5.11. The van der Waals surface area contributed by atoms with Crippen molar-refractivity contribution in [1.82, 2.24) is 25.1 Å². The van der Waals surface area contributed by atoms with E-state index < -0.39 is 0 Å². The van der Waals surface area contributed by atoms with Crippen LogP contribution in [0.4, 0.5) is 5.69 Å². The van der Waals surface area contributed by atoms with Gasteiger partial charge in [-0.1, -0.05) is 26.0 Å². The van der Waals surface area contributed by atoms with Crippen molar-refractivity contribution in [2.24, 2.45) is 0 Å². The number of aromatic nitrogens is 4. The maximum atomic E-state index is 12.4. The molecule has 1 aliphatic heterocycles. The Morgan fingerprint density at radius 1 is 1.03 bits per heavy atom. The lowest BCUT2D eigenvalue weighted by atomic mass is 10.0. The SMILES string of the molecule is CC(C)c1ccc(OCC(=O)Nc2ccc(-n3nnc(C(=O)N4CCCC4)n3)cc2)cc1. The van der Waals surface area contributed by atoms with Gasteiger partial charge in [0, 0.05) is 18.8 Å². The van der Waals surface area contributed by atoms with Gasteiger partial charge in [0.05, 0.1) is 5.69 Å². The highest BCUT2D eigenvalue weighted by molar-refractivity contribution is 5.92. The van der Waals surface area contributed by atoms with E-state index in [1.165, 1.54) is 10.4 Å². The Balaban J connectivity index is 1.30. The molecule has 1 aliphatic rings. The first-order chi connectivity index (χ1) is 15.5. The number of anilines is 1. The van der Waals surface area contributed by atoms with Crippen LogP contribution in [-0.2, 0) is 4.79 Å². The second-order valence-electron chi connectivity index (χ2n) is 8.01. The van der Waals surface area contributed by atoms with Gasteiger partial charge in [0.2, 0.25) is 0 Å². The van der Waals surface area contributed by atoms with Gasteiger partial charge < -0.3 is 15.0 Å². The molecule has 2 amide bonds. The van der Waals surface area contributed by atoms with Crippen LogP contribution in [0.25, 0.3) is 5.69 Å². The topological polar surface area (TPSA) is 102 Å². The smallest absolute Gasteiger partial charge is 0.295 e. The molecule has 0 aliphatic carbocycles. The number of rotatable bonds is 7. The average Bonchev–Trinajstić information content (AvgIpc) is 3.51. The van der Waals surface area contributed by atoms with E-state index >= 15 is 0 Å². The van der Waals surface area contributed by atoms with Crippen molar-refractivity contribution < 1.29 is 14.3 Å². The number of amides is 2. The van der Waals surface area contributed by atoms with Gasteiger partial charge >= 0.3 is 0 Å². The van der Waals surface area contributed by atoms with Crippen LogP contribution >= 0.6 is 0 Å². The fourth-order valence-electron chi connectivity index (χ4n) is 3.44. The molecule has 1 aromatic heterocycles. The zero-order chi connectivity index (χ0) is 22.5.